The van der Waals surface area contributed by atoms with Crippen LogP contribution in [0.4, 0.5) is 5.69 Å². The van der Waals surface area contributed by atoms with E-state index in [9.17, 15) is 14.4 Å². The average Bonchev–Trinajstić information content (AvgIpc) is 2.71. The standard InChI is InChI=1S/C22H26N2O4S/c1-4-16-9-11-17(12-10-16)24-20(25)13-28-22(27)18-7-5-6-8-19(18)29-14-21(26)23-15(2)3/h5-12,15H,4,13-14H2,1-3H3,(H,23,26)(H,24,25). The van der Waals surface area contributed by atoms with E-state index in [1.165, 1.54) is 17.3 Å². The van der Waals surface area contributed by atoms with Crippen LogP contribution in [0.25, 0.3) is 0 Å². The lowest BCUT2D eigenvalue weighted by Gasteiger charge is -2.11. The molecule has 154 valence electrons. The zero-order valence-electron chi connectivity index (χ0n) is 16.9. The summed E-state index contributed by atoms with van der Waals surface area (Å²) in [4.78, 5) is 36.9. The third kappa shape index (κ3) is 7.62. The number of rotatable bonds is 9. The molecular formula is C22H26N2O4S. The summed E-state index contributed by atoms with van der Waals surface area (Å²) in [7, 11) is 0. The van der Waals surface area contributed by atoms with Crippen molar-refractivity contribution in [3.8, 4) is 0 Å². The van der Waals surface area contributed by atoms with Crippen molar-refractivity contribution in [2.75, 3.05) is 17.7 Å². The Morgan fingerprint density at radius 3 is 2.34 bits per heavy atom. The van der Waals surface area contributed by atoms with Gasteiger partial charge in [-0.05, 0) is 50.1 Å². The Hall–Kier alpha value is -2.80. The van der Waals surface area contributed by atoms with Crippen LogP contribution < -0.4 is 10.6 Å². The SMILES string of the molecule is CCc1ccc(NC(=O)COC(=O)c2ccccc2SCC(=O)NC(C)C)cc1. The van der Waals surface area contributed by atoms with Crippen molar-refractivity contribution in [1.82, 2.24) is 5.32 Å². The van der Waals surface area contributed by atoms with Crippen LogP contribution in [0.1, 0.15) is 36.7 Å². The van der Waals surface area contributed by atoms with Crippen molar-refractivity contribution in [2.45, 2.75) is 38.1 Å². The van der Waals surface area contributed by atoms with Crippen LogP contribution in [-0.2, 0) is 20.7 Å². The van der Waals surface area contributed by atoms with Gasteiger partial charge in [0.15, 0.2) is 6.61 Å². The quantitative estimate of drug-likeness (QED) is 0.483. The fourth-order valence-corrected chi connectivity index (χ4v) is 3.35. The lowest BCUT2D eigenvalue weighted by Crippen LogP contribution is -2.31. The van der Waals surface area contributed by atoms with E-state index in [1.807, 2.05) is 38.1 Å². The van der Waals surface area contributed by atoms with E-state index in [0.717, 1.165) is 6.42 Å². The van der Waals surface area contributed by atoms with E-state index in [0.29, 0.717) is 16.1 Å². The summed E-state index contributed by atoms with van der Waals surface area (Å²) >= 11 is 1.25. The summed E-state index contributed by atoms with van der Waals surface area (Å²) in [5.41, 5.74) is 2.15. The Morgan fingerprint density at radius 1 is 1.00 bits per heavy atom. The van der Waals surface area contributed by atoms with E-state index in [-0.39, 0.29) is 24.3 Å². The number of ether oxygens (including phenoxy) is 1. The van der Waals surface area contributed by atoms with Crippen LogP contribution in [0.3, 0.4) is 0 Å². The summed E-state index contributed by atoms with van der Waals surface area (Å²) < 4.78 is 5.15. The molecule has 2 aromatic rings. The number of hydrogen-bond acceptors (Lipinski definition) is 5. The highest BCUT2D eigenvalue weighted by Crippen LogP contribution is 2.23. The number of benzene rings is 2. The molecule has 0 aliphatic heterocycles. The van der Waals surface area contributed by atoms with Crippen molar-refractivity contribution in [1.29, 1.82) is 0 Å². The van der Waals surface area contributed by atoms with Crippen molar-refractivity contribution < 1.29 is 19.1 Å². The molecule has 0 saturated carbocycles. The van der Waals surface area contributed by atoms with E-state index in [1.54, 1.807) is 24.3 Å². The normalized spacial score (nSPS) is 10.5. The predicted molar refractivity (Wildman–Crippen MR) is 115 cm³/mol. The molecule has 2 N–H and O–H groups in total. The fraction of sp³-hybridized carbons (Fsp3) is 0.318. The summed E-state index contributed by atoms with van der Waals surface area (Å²) in [6.07, 6.45) is 0.919. The molecule has 0 heterocycles. The van der Waals surface area contributed by atoms with Crippen LogP contribution in [-0.4, -0.2) is 36.2 Å². The first-order valence-corrected chi connectivity index (χ1v) is 10.4. The molecule has 2 rings (SSSR count). The number of hydrogen-bond donors (Lipinski definition) is 2. The van der Waals surface area contributed by atoms with Gasteiger partial charge in [-0.25, -0.2) is 4.79 Å². The molecule has 0 fully saturated rings. The van der Waals surface area contributed by atoms with Crippen molar-refractivity contribution in [3.05, 3.63) is 59.7 Å². The van der Waals surface area contributed by atoms with Crippen LogP contribution in [0, 0.1) is 0 Å². The zero-order chi connectivity index (χ0) is 21.2. The van der Waals surface area contributed by atoms with Gasteiger partial charge in [0.1, 0.15) is 0 Å². The second kappa shape index (κ2) is 11.3. The van der Waals surface area contributed by atoms with Gasteiger partial charge in [0, 0.05) is 16.6 Å². The number of carbonyl (C=O) groups excluding carboxylic acids is 3. The van der Waals surface area contributed by atoms with Gasteiger partial charge in [-0.2, -0.15) is 0 Å². The van der Waals surface area contributed by atoms with Crippen molar-refractivity contribution >= 4 is 35.2 Å². The van der Waals surface area contributed by atoms with Gasteiger partial charge in [-0.3, -0.25) is 9.59 Å². The fourth-order valence-electron chi connectivity index (χ4n) is 2.50. The van der Waals surface area contributed by atoms with Crippen molar-refractivity contribution in [3.63, 3.8) is 0 Å². The number of anilines is 1. The smallest absolute Gasteiger partial charge is 0.339 e. The second-order valence-corrected chi connectivity index (χ2v) is 7.70. The first-order chi connectivity index (χ1) is 13.9. The lowest BCUT2D eigenvalue weighted by molar-refractivity contribution is -0.119. The molecule has 0 aliphatic carbocycles. The molecule has 0 saturated heterocycles. The molecule has 7 heteroatoms. The zero-order valence-corrected chi connectivity index (χ0v) is 17.7. The Balaban J connectivity index is 1.89. The molecule has 0 bridgehead atoms. The number of carbonyl (C=O) groups is 3. The molecule has 6 nitrogen and oxygen atoms in total. The maximum absolute atomic E-state index is 12.4. The van der Waals surface area contributed by atoms with Gasteiger partial charge < -0.3 is 15.4 Å². The number of amides is 2. The summed E-state index contributed by atoms with van der Waals surface area (Å²) in [5.74, 6) is -0.934. The molecule has 0 atom stereocenters. The molecule has 0 radical (unpaired) electrons. The molecule has 0 unspecified atom stereocenters. The second-order valence-electron chi connectivity index (χ2n) is 6.68. The highest BCUT2D eigenvalue weighted by atomic mass is 32.2. The molecule has 29 heavy (non-hydrogen) atoms. The summed E-state index contributed by atoms with van der Waals surface area (Å²) in [5, 5.41) is 5.50. The molecule has 2 amide bonds. The molecule has 0 aromatic heterocycles. The predicted octanol–water partition coefficient (Wildman–Crippen LogP) is 3.66. The molecule has 0 spiro atoms. The van der Waals surface area contributed by atoms with Crippen LogP contribution in [0.5, 0.6) is 0 Å². The van der Waals surface area contributed by atoms with Gasteiger partial charge in [0.2, 0.25) is 5.91 Å². The minimum Gasteiger partial charge on any atom is -0.452 e. The molecule has 0 aliphatic rings. The Labute approximate surface area is 175 Å². The first-order valence-electron chi connectivity index (χ1n) is 9.46. The maximum atomic E-state index is 12.4. The van der Waals surface area contributed by atoms with E-state index in [2.05, 4.69) is 17.6 Å². The maximum Gasteiger partial charge on any atom is 0.339 e. The third-order valence-electron chi connectivity index (χ3n) is 3.90. The van der Waals surface area contributed by atoms with E-state index < -0.39 is 11.9 Å². The van der Waals surface area contributed by atoms with Crippen LogP contribution in [0.2, 0.25) is 0 Å². The van der Waals surface area contributed by atoms with Gasteiger partial charge in [0.25, 0.3) is 5.91 Å². The lowest BCUT2D eigenvalue weighted by atomic mass is 10.1. The van der Waals surface area contributed by atoms with Gasteiger partial charge in [-0.15, -0.1) is 11.8 Å². The van der Waals surface area contributed by atoms with E-state index >= 15 is 0 Å². The van der Waals surface area contributed by atoms with Gasteiger partial charge >= 0.3 is 5.97 Å². The largest absolute Gasteiger partial charge is 0.452 e. The monoisotopic (exact) mass is 414 g/mol. The molecule has 2 aromatic carbocycles. The number of nitrogens with one attached hydrogen (secondary N) is 2. The Bertz CT molecular complexity index is 850. The third-order valence-corrected chi connectivity index (χ3v) is 4.97. The van der Waals surface area contributed by atoms with Gasteiger partial charge in [0.05, 0.1) is 11.3 Å². The molecular weight excluding hydrogens is 388 g/mol. The van der Waals surface area contributed by atoms with Crippen LogP contribution in [0.15, 0.2) is 53.4 Å². The van der Waals surface area contributed by atoms with Gasteiger partial charge in [-0.1, -0.05) is 31.2 Å². The first kappa shape index (κ1) is 22.5. The van der Waals surface area contributed by atoms with Crippen molar-refractivity contribution in [2.24, 2.45) is 0 Å². The minimum absolute atomic E-state index is 0.0556. The number of esters is 1. The number of thioether (sulfide) groups is 1. The summed E-state index contributed by atoms with van der Waals surface area (Å²) in [6, 6.07) is 14.4. The average molecular weight is 415 g/mol. The summed E-state index contributed by atoms with van der Waals surface area (Å²) in [6.45, 7) is 5.44. The highest BCUT2D eigenvalue weighted by molar-refractivity contribution is 8.00. The van der Waals surface area contributed by atoms with E-state index in [4.69, 9.17) is 4.74 Å². The Kier molecular flexibility index (Phi) is 8.73. The minimum atomic E-state index is -0.603. The topological polar surface area (TPSA) is 84.5 Å². The highest BCUT2D eigenvalue weighted by Gasteiger charge is 2.16. The number of aryl methyl sites for hydroxylation is 1. The van der Waals surface area contributed by atoms with Crippen LogP contribution >= 0.6 is 11.8 Å². The Morgan fingerprint density at radius 2 is 1.69 bits per heavy atom.